The summed E-state index contributed by atoms with van der Waals surface area (Å²) in [6.07, 6.45) is 2.61. The summed E-state index contributed by atoms with van der Waals surface area (Å²) in [4.78, 5) is 12.7. The summed E-state index contributed by atoms with van der Waals surface area (Å²) in [5.41, 5.74) is 0. The van der Waals surface area contributed by atoms with E-state index in [1.807, 2.05) is 0 Å². The highest BCUT2D eigenvalue weighted by Gasteiger charge is 2.19. The second-order valence-electron chi connectivity index (χ2n) is 4.77. The van der Waals surface area contributed by atoms with Crippen LogP contribution in [0.1, 0.15) is 13.3 Å². The summed E-state index contributed by atoms with van der Waals surface area (Å²) < 4.78 is 22.3. The van der Waals surface area contributed by atoms with E-state index in [2.05, 4.69) is 18.8 Å². The van der Waals surface area contributed by atoms with Gasteiger partial charge < -0.3 is 14.8 Å². The summed E-state index contributed by atoms with van der Waals surface area (Å²) in [5, 5.41) is 3.27. The molecule has 0 spiro atoms. The molecule has 2 aliphatic heterocycles. The normalized spacial score (nSPS) is 25.4. The molecule has 2 heterocycles. The molecule has 0 aromatic rings. The lowest BCUT2D eigenvalue weighted by Crippen LogP contribution is -2.48. The number of piperazine rings is 1. The maximum absolute atomic E-state index is 11.1. The van der Waals surface area contributed by atoms with Crippen LogP contribution < -0.4 is 5.32 Å². The molecule has 7 heteroatoms. The summed E-state index contributed by atoms with van der Waals surface area (Å²) in [5.74, 6) is 0.793. The molecular formula is C12H22N3O3S-. The summed E-state index contributed by atoms with van der Waals surface area (Å²) in [7, 11) is 0. The molecule has 2 rings (SSSR count). The smallest absolute Gasteiger partial charge is 0.246 e. The van der Waals surface area contributed by atoms with Gasteiger partial charge in [0.1, 0.15) is 0 Å². The first kappa shape index (κ1) is 16.3. The molecule has 2 unspecified atom stereocenters. The number of hydrogen-bond acceptors (Lipinski definition) is 4. The average molecular weight is 288 g/mol. The highest BCUT2D eigenvalue weighted by Crippen LogP contribution is 2.04. The van der Waals surface area contributed by atoms with Crippen LogP contribution in [0.25, 0.3) is 0 Å². The molecule has 0 aromatic carbocycles. The zero-order valence-corrected chi connectivity index (χ0v) is 12.2. The van der Waals surface area contributed by atoms with E-state index in [9.17, 15) is 13.6 Å². The third-order valence-corrected chi connectivity index (χ3v) is 4.03. The molecule has 19 heavy (non-hydrogen) atoms. The van der Waals surface area contributed by atoms with Crippen molar-refractivity contribution < 1.29 is 13.6 Å². The maximum atomic E-state index is 11.1. The first-order valence-electron chi connectivity index (χ1n) is 6.51. The van der Waals surface area contributed by atoms with Gasteiger partial charge >= 0.3 is 0 Å². The number of carbonyl (C=O) groups is 1. The molecule has 110 valence electrons. The minimum atomic E-state index is -2.16. The van der Waals surface area contributed by atoms with E-state index in [0.29, 0.717) is 26.2 Å². The number of nitrogens with zero attached hydrogens (tertiary/aromatic N) is 2. The summed E-state index contributed by atoms with van der Waals surface area (Å²) >= 11 is -2.16. The number of rotatable bonds is 2. The van der Waals surface area contributed by atoms with Gasteiger partial charge in [0.2, 0.25) is 5.91 Å². The zero-order valence-electron chi connectivity index (χ0n) is 11.3. The molecule has 2 atom stereocenters. The van der Waals surface area contributed by atoms with Crippen molar-refractivity contribution in [2.75, 3.05) is 39.3 Å². The largest absolute Gasteiger partial charge is 0.760 e. The van der Waals surface area contributed by atoms with Crippen LogP contribution in [-0.4, -0.2) is 63.1 Å². The van der Waals surface area contributed by atoms with Gasteiger partial charge in [-0.15, -0.1) is 0 Å². The Balaban J connectivity index is 0.000000250. The van der Waals surface area contributed by atoms with E-state index in [1.54, 1.807) is 4.90 Å². The van der Waals surface area contributed by atoms with E-state index in [-0.39, 0.29) is 5.91 Å². The van der Waals surface area contributed by atoms with Gasteiger partial charge in [-0.05, 0) is 31.5 Å². The fourth-order valence-electron chi connectivity index (χ4n) is 1.99. The van der Waals surface area contributed by atoms with Crippen molar-refractivity contribution in [1.82, 2.24) is 14.5 Å². The van der Waals surface area contributed by atoms with Crippen molar-refractivity contribution >= 4 is 17.2 Å². The molecule has 0 aliphatic carbocycles. The predicted molar refractivity (Wildman–Crippen MR) is 73.9 cm³/mol. The Hall–Kier alpha value is -0.760. The van der Waals surface area contributed by atoms with Crippen LogP contribution in [-0.2, 0) is 16.1 Å². The third kappa shape index (κ3) is 5.82. The Morgan fingerprint density at radius 2 is 2.05 bits per heavy atom. The Morgan fingerprint density at radius 3 is 2.37 bits per heavy atom. The van der Waals surface area contributed by atoms with Crippen molar-refractivity contribution in [1.29, 1.82) is 0 Å². The van der Waals surface area contributed by atoms with Gasteiger partial charge in [-0.25, -0.2) is 4.31 Å². The fourth-order valence-corrected chi connectivity index (χ4v) is 2.45. The Kier molecular flexibility index (Phi) is 7.22. The number of amides is 1. The van der Waals surface area contributed by atoms with Gasteiger partial charge in [-0.3, -0.25) is 9.00 Å². The second kappa shape index (κ2) is 8.42. The zero-order chi connectivity index (χ0) is 14.3. The minimum Gasteiger partial charge on any atom is -0.760 e. The van der Waals surface area contributed by atoms with Gasteiger partial charge in [-0.2, -0.15) is 0 Å². The van der Waals surface area contributed by atoms with Gasteiger partial charge in [0.05, 0.1) is 0 Å². The van der Waals surface area contributed by atoms with Gasteiger partial charge in [0, 0.05) is 37.4 Å². The van der Waals surface area contributed by atoms with Gasteiger partial charge in [-0.1, -0.05) is 13.5 Å². The summed E-state index contributed by atoms with van der Waals surface area (Å²) in [6.45, 7) is 9.74. The van der Waals surface area contributed by atoms with Gasteiger partial charge in [0.15, 0.2) is 0 Å². The predicted octanol–water partition coefficient (Wildman–Crippen LogP) is -0.273. The van der Waals surface area contributed by atoms with Crippen LogP contribution in [0.2, 0.25) is 0 Å². The molecule has 0 radical (unpaired) electrons. The van der Waals surface area contributed by atoms with E-state index in [4.69, 9.17) is 0 Å². The lowest BCUT2D eigenvalue weighted by molar-refractivity contribution is -0.127. The highest BCUT2D eigenvalue weighted by molar-refractivity contribution is 7.76. The molecule has 1 N–H and O–H groups in total. The molecule has 0 aromatic heterocycles. The first-order valence-corrected chi connectivity index (χ1v) is 7.54. The Labute approximate surface area is 117 Å². The van der Waals surface area contributed by atoms with Crippen molar-refractivity contribution in [3.05, 3.63) is 12.7 Å². The maximum Gasteiger partial charge on any atom is 0.246 e. The number of hydrogen-bond donors (Lipinski definition) is 1. The van der Waals surface area contributed by atoms with Crippen molar-refractivity contribution in [2.45, 2.75) is 13.3 Å². The van der Waals surface area contributed by atoms with Crippen LogP contribution in [0.4, 0.5) is 0 Å². The third-order valence-electron chi connectivity index (χ3n) is 3.24. The second-order valence-corrected chi connectivity index (χ2v) is 5.72. The van der Waals surface area contributed by atoms with E-state index in [1.165, 1.54) is 29.9 Å². The van der Waals surface area contributed by atoms with E-state index in [0.717, 1.165) is 5.92 Å². The first-order chi connectivity index (χ1) is 9.04. The Bertz CT molecular complexity index is 324. The molecule has 6 nitrogen and oxygen atoms in total. The molecule has 0 bridgehead atoms. The number of nitrogens with one attached hydrogen (secondary N) is 1. The summed E-state index contributed by atoms with van der Waals surface area (Å²) in [6, 6.07) is 0. The molecule has 2 fully saturated rings. The monoisotopic (exact) mass is 288 g/mol. The topological polar surface area (TPSA) is 75.7 Å². The fraction of sp³-hybridized carbons (Fsp3) is 0.750. The van der Waals surface area contributed by atoms with E-state index >= 15 is 0 Å². The van der Waals surface area contributed by atoms with Crippen LogP contribution >= 0.6 is 0 Å². The Morgan fingerprint density at radius 1 is 1.42 bits per heavy atom. The molecule has 0 saturated carbocycles. The van der Waals surface area contributed by atoms with Crippen LogP contribution in [0.5, 0.6) is 0 Å². The van der Waals surface area contributed by atoms with Crippen LogP contribution in [0.3, 0.4) is 0 Å². The standard InChI is InChI=1S/C7H12N2O3S.C5H11N/c1-2-7(10)8-3-5-9(6-4-8)13(11)12;1-5-2-3-6-4-5/h2H,1,3-6H2,(H,11,12);5-6H,2-4H2,1H3/p-1. The molecule has 2 saturated heterocycles. The highest BCUT2D eigenvalue weighted by atomic mass is 32.2. The van der Waals surface area contributed by atoms with Crippen molar-refractivity contribution in [3.8, 4) is 0 Å². The van der Waals surface area contributed by atoms with Crippen molar-refractivity contribution in [3.63, 3.8) is 0 Å². The lowest BCUT2D eigenvalue weighted by atomic mass is 10.2. The van der Waals surface area contributed by atoms with Gasteiger partial charge in [0.25, 0.3) is 0 Å². The average Bonchev–Trinajstić information content (AvgIpc) is 2.90. The molecule has 1 amide bonds. The van der Waals surface area contributed by atoms with E-state index < -0.39 is 11.3 Å². The number of carbonyl (C=O) groups excluding carboxylic acids is 1. The molecular weight excluding hydrogens is 266 g/mol. The lowest BCUT2D eigenvalue weighted by Gasteiger charge is -2.34. The van der Waals surface area contributed by atoms with Crippen LogP contribution in [0, 0.1) is 5.92 Å². The SMILES string of the molecule is C=CC(=O)N1CCN(S(=O)[O-])CC1.CC1CCNC1. The van der Waals surface area contributed by atoms with Crippen molar-refractivity contribution in [2.24, 2.45) is 5.92 Å². The quantitative estimate of drug-likeness (QED) is 0.560. The minimum absolute atomic E-state index is 0.142. The molecule has 2 aliphatic rings. The van der Waals surface area contributed by atoms with Crippen LogP contribution in [0.15, 0.2) is 12.7 Å².